The van der Waals surface area contributed by atoms with Crippen LogP contribution in [0.4, 0.5) is 0 Å². The third-order valence-corrected chi connectivity index (χ3v) is 3.68. The molecule has 17 heavy (non-hydrogen) atoms. The van der Waals surface area contributed by atoms with E-state index < -0.39 is 10.0 Å². The number of nitrogens with zero attached hydrogens (tertiary/aromatic N) is 2. The molecule has 0 amide bonds. The zero-order valence-electron chi connectivity index (χ0n) is 9.42. The highest BCUT2D eigenvalue weighted by molar-refractivity contribution is 7.89. The van der Waals surface area contributed by atoms with Crippen LogP contribution in [0.15, 0.2) is 23.2 Å². The van der Waals surface area contributed by atoms with Crippen molar-refractivity contribution in [3.63, 3.8) is 0 Å². The van der Waals surface area contributed by atoms with Crippen LogP contribution >= 0.6 is 0 Å². The summed E-state index contributed by atoms with van der Waals surface area (Å²) >= 11 is 0. The number of hydrogen-bond acceptors (Lipinski definition) is 5. The molecule has 1 unspecified atom stereocenters. The minimum atomic E-state index is -3.72. The summed E-state index contributed by atoms with van der Waals surface area (Å²) in [5, 5.41) is 8.78. The minimum Gasteiger partial charge on any atom is -0.327 e. The van der Waals surface area contributed by atoms with E-state index in [1.54, 1.807) is 6.07 Å². The zero-order valence-corrected chi connectivity index (χ0v) is 10.2. The van der Waals surface area contributed by atoms with Crippen molar-refractivity contribution < 1.29 is 8.42 Å². The van der Waals surface area contributed by atoms with Gasteiger partial charge in [0, 0.05) is 18.8 Å². The summed E-state index contributed by atoms with van der Waals surface area (Å²) in [4.78, 5) is 3.58. The molecule has 92 valence electrons. The van der Waals surface area contributed by atoms with Gasteiger partial charge in [-0.1, -0.05) is 6.92 Å². The number of nitriles is 1. The Kier molecular flexibility index (Phi) is 4.57. The first-order valence-corrected chi connectivity index (χ1v) is 6.60. The van der Waals surface area contributed by atoms with Crippen molar-refractivity contribution in [2.24, 2.45) is 5.73 Å². The summed E-state index contributed by atoms with van der Waals surface area (Å²) in [6.45, 7) is 2.00. The molecule has 0 bridgehead atoms. The molecule has 1 atom stereocenters. The van der Waals surface area contributed by atoms with Crippen LogP contribution in [0.25, 0.3) is 0 Å². The van der Waals surface area contributed by atoms with Gasteiger partial charge in [0.15, 0.2) is 5.69 Å². The van der Waals surface area contributed by atoms with Crippen molar-refractivity contribution in [3.05, 3.63) is 24.0 Å². The van der Waals surface area contributed by atoms with Crippen molar-refractivity contribution in [2.75, 3.05) is 6.54 Å². The summed E-state index contributed by atoms with van der Waals surface area (Å²) in [5.74, 6) is 0. The maximum atomic E-state index is 11.9. The molecule has 0 fully saturated rings. The van der Waals surface area contributed by atoms with Crippen molar-refractivity contribution in [1.82, 2.24) is 9.71 Å². The van der Waals surface area contributed by atoms with Gasteiger partial charge in [-0.15, -0.1) is 0 Å². The Hall–Kier alpha value is -1.49. The standard InChI is InChI=1S/C10H14N4O2S/c1-2-8(12)7-14-17(15,16)10-4-3-5-13-9(10)6-11/h3-5,8,14H,2,7,12H2,1H3. The summed E-state index contributed by atoms with van der Waals surface area (Å²) < 4.78 is 26.1. The van der Waals surface area contributed by atoms with Gasteiger partial charge in [0.1, 0.15) is 11.0 Å². The molecule has 0 saturated heterocycles. The Morgan fingerprint density at radius 2 is 2.35 bits per heavy atom. The first-order chi connectivity index (χ1) is 8.01. The molecule has 6 nitrogen and oxygen atoms in total. The highest BCUT2D eigenvalue weighted by atomic mass is 32.2. The average Bonchev–Trinajstić information content (AvgIpc) is 2.35. The Morgan fingerprint density at radius 1 is 1.65 bits per heavy atom. The molecule has 0 saturated carbocycles. The van der Waals surface area contributed by atoms with E-state index in [9.17, 15) is 8.42 Å². The fourth-order valence-electron chi connectivity index (χ4n) is 1.13. The molecule has 0 aromatic carbocycles. The highest BCUT2D eigenvalue weighted by Crippen LogP contribution is 2.11. The maximum absolute atomic E-state index is 11.9. The number of rotatable bonds is 5. The summed E-state index contributed by atoms with van der Waals surface area (Å²) in [7, 11) is -3.72. The van der Waals surface area contributed by atoms with Crippen LogP contribution in [-0.2, 0) is 10.0 Å². The number of hydrogen-bond donors (Lipinski definition) is 2. The van der Waals surface area contributed by atoms with Crippen molar-refractivity contribution in [1.29, 1.82) is 5.26 Å². The molecular formula is C10H14N4O2S. The SMILES string of the molecule is CCC(N)CNS(=O)(=O)c1cccnc1C#N. The van der Waals surface area contributed by atoms with Crippen molar-refractivity contribution in [2.45, 2.75) is 24.3 Å². The van der Waals surface area contributed by atoms with Gasteiger partial charge < -0.3 is 5.73 Å². The predicted molar refractivity (Wildman–Crippen MR) is 62.4 cm³/mol. The monoisotopic (exact) mass is 254 g/mol. The van der Waals surface area contributed by atoms with Crippen LogP contribution in [0, 0.1) is 11.3 Å². The molecule has 1 aromatic heterocycles. The summed E-state index contributed by atoms with van der Waals surface area (Å²) in [6, 6.07) is 4.30. The molecule has 1 heterocycles. The number of pyridine rings is 1. The fraction of sp³-hybridized carbons (Fsp3) is 0.400. The van der Waals surface area contributed by atoms with E-state index in [4.69, 9.17) is 11.0 Å². The Balaban J connectivity index is 2.95. The quantitative estimate of drug-likeness (QED) is 0.766. The zero-order chi connectivity index (χ0) is 12.9. The molecule has 1 rings (SSSR count). The van der Waals surface area contributed by atoms with Crippen LogP contribution in [0.1, 0.15) is 19.0 Å². The summed E-state index contributed by atoms with van der Waals surface area (Å²) in [6.07, 6.45) is 2.04. The summed E-state index contributed by atoms with van der Waals surface area (Å²) in [5.41, 5.74) is 5.50. The lowest BCUT2D eigenvalue weighted by Crippen LogP contribution is -2.37. The smallest absolute Gasteiger partial charge is 0.243 e. The molecule has 1 aromatic rings. The van der Waals surface area contributed by atoms with Gasteiger partial charge in [-0.25, -0.2) is 18.1 Å². The first kappa shape index (κ1) is 13.6. The van der Waals surface area contributed by atoms with Crippen LogP contribution < -0.4 is 10.5 Å². The Labute approximate surface area is 101 Å². The van der Waals surface area contributed by atoms with Crippen LogP contribution in [0.5, 0.6) is 0 Å². The number of nitrogens with one attached hydrogen (secondary N) is 1. The van der Waals surface area contributed by atoms with E-state index in [0.29, 0.717) is 6.42 Å². The van der Waals surface area contributed by atoms with Gasteiger partial charge >= 0.3 is 0 Å². The average molecular weight is 254 g/mol. The lowest BCUT2D eigenvalue weighted by Gasteiger charge is -2.11. The van der Waals surface area contributed by atoms with Gasteiger partial charge in [0.05, 0.1) is 0 Å². The van der Waals surface area contributed by atoms with E-state index in [1.807, 2.05) is 6.92 Å². The van der Waals surface area contributed by atoms with Gasteiger partial charge in [-0.2, -0.15) is 5.26 Å². The van der Waals surface area contributed by atoms with E-state index in [0.717, 1.165) is 0 Å². The molecule has 0 aliphatic heterocycles. The van der Waals surface area contributed by atoms with Gasteiger partial charge in [-0.3, -0.25) is 0 Å². The van der Waals surface area contributed by atoms with Gasteiger partial charge in [0.2, 0.25) is 10.0 Å². The molecular weight excluding hydrogens is 240 g/mol. The molecule has 0 aliphatic rings. The predicted octanol–water partition coefficient (Wildman–Crippen LogP) is -0.0311. The van der Waals surface area contributed by atoms with Crippen LogP contribution in [0.2, 0.25) is 0 Å². The van der Waals surface area contributed by atoms with E-state index in [1.165, 1.54) is 18.3 Å². The highest BCUT2D eigenvalue weighted by Gasteiger charge is 2.19. The number of nitrogens with two attached hydrogens (primary N) is 1. The fourth-order valence-corrected chi connectivity index (χ4v) is 2.33. The number of sulfonamides is 1. The molecule has 0 aliphatic carbocycles. The van der Waals surface area contributed by atoms with Gasteiger partial charge in [-0.05, 0) is 18.6 Å². The third-order valence-electron chi connectivity index (χ3n) is 2.23. The topological polar surface area (TPSA) is 109 Å². The second kappa shape index (κ2) is 5.72. The maximum Gasteiger partial charge on any atom is 0.243 e. The second-order valence-electron chi connectivity index (χ2n) is 3.48. The first-order valence-electron chi connectivity index (χ1n) is 5.11. The second-order valence-corrected chi connectivity index (χ2v) is 5.22. The largest absolute Gasteiger partial charge is 0.327 e. The van der Waals surface area contributed by atoms with E-state index >= 15 is 0 Å². The van der Waals surface area contributed by atoms with Crippen molar-refractivity contribution in [3.8, 4) is 6.07 Å². The van der Waals surface area contributed by atoms with E-state index in [2.05, 4.69) is 9.71 Å². The Bertz CT molecular complexity index is 521. The molecule has 0 spiro atoms. The van der Waals surface area contributed by atoms with Gasteiger partial charge in [0.25, 0.3) is 0 Å². The Morgan fingerprint density at radius 3 is 2.94 bits per heavy atom. The van der Waals surface area contributed by atoms with E-state index in [-0.39, 0.29) is 23.2 Å². The number of aromatic nitrogens is 1. The van der Waals surface area contributed by atoms with Crippen molar-refractivity contribution >= 4 is 10.0 Å². The third kappa shape index (κ3) is 3.49. The lowest BCUT2D eigenvalue weighted by atomic mass is 10.2. The van der Waals surface area contributed by atoms with Crippen LogP contribution in [0.3, 0.4) is 0 Å². The molecule has 7 heteroatoms. The molecule has 3 N–H and O–H groups in total. The molecule has 0 radical (unpaired) electrons. The lowest BCUT2D eigenvalue weighted by molar-refractivity contribution is 0.563. The minimum absolute atomic E-state index is 0.120. The normalized spacial score (nSPS) is 13.0. The van der Waals surface area contributed by atoms with Crippen LogP contribution in [-0.4, -0.2) is 26.0 Å².